The van der Waals surface area contributed by atoms with E-state index in [2.05, 4.69) is 56.4 Å². The molecule has 94 valence electrons. The van der Waals surface area contributed by atoms with Gasteiger partial charge in [-0.2, -0.15) is 0 Å². The van der Waals surface area contributed by atoms with E-state index in [0.29, 0.717) is 5.41 Å². The molecule has 0 spiro atoms. The molecule has 0 aromatic rings. The lowest BCUT2D eigenvalue weighted by Crippen LogP contribution is -2.19. The highest BCUT2D eigenvalue weighted by Gasteiger charge is 2.26. The second-order valence-electron chi connectivity index (χ2n) is 6.42. The Balaban J connectivity index is 2.89. The fourth-order valence-corrected chi connectivity index (χ4v) is 3.97. The quantitative estimate of drug-likeness (QED) is 0.467. The SMILES string of the molecule is CC1=C(/C=C/C(C)=[CH]/[Al]([CH3])[CH3])C(C)(C)CCC1. The molecule has 0 N–H and O–H groups in total. The van der Waals surface area contributed by atoms with Gasteiger partial charge in [0.15, 0.2) is 0 Å². The molecule has 0 aromatic heterocycles. The lowest BCUT2D eigenvalue weighted by Gasteiger charge is -2.33. The molecule has 1 heteroatoms. The largest absolute Gasteiger partial charge is 0.288 e. The molecule has 0 saturated carbocycles. The van der Waals surface area contributed by atoms with Crippen LogP contribution in [0.1, 0.15) is 47.0 Å². The van der Waals surface area contributed by atoms with Crippen LogP contribution in [0.25, 0.3) is 0 Å². The second-order valence-corrected chi connectivity index (χ2v) is 9.24. The third kappa shape index (κ3) is 4.49. The Hall–Kier alpha value is -0.248. The summed E-state index contributed by atoms with van der Waals surface area (Å²) in [5.74, 6) is 4.73. The van der Waals surface area contributed by atoms with E-state index in [1.165, 1.54) is 24.8 Å². The van der Waals surface area contributed by atoms with E-state index in [1.54, 1.807) is 11.1 Å². The Kier molecular flexibility index (Phi) is 5.29. The maximum atomic E-state index is 2.46. The Morgan fingerprint density at radius 2 is 1.94 bits per heavy atom. The van der Waals surface area contributed by atoms with Gasteiger partial charge in [-0.1, -0.05) is 37.1 Å². The molecule has 0 fully saturated rings. The summed E-state index contributed by atoms with van der Waals surface area (Å²) < 4.78 is 0. The van der Waals surface area contributed by atoms with Crippen LogP contribution in [0.5, 0.6) is 0 Å². The topological polar surface area (TPSA) is 0 Å². The molecule has 0 heterocycles. The highest BCUT2D eigenvalue weighted by atomic mass is 27.2. The van der Waals surface area contributed by atoms with Crippen LogP contribution in [0, 0.1) is 5.41 Å². The van der Waals surface area contributed by atoms with Crippen molar-refractivity contribution in [2.75, 3.05) is 0 Å². The molecule has 17 heavy (non-hydrogen) atoms. The van der Waals surface area contributed by atoms with Crippen LogP contribution in [0.15, 0.2) is 33.8 Å². The van der Waals surface area contributed by atoms with Gasteiger partial charge in [-0.3, -0.25) is 0 Å². The van der Waals surface area contributed by atoms with Crippen molar-refractivity contribution in [1.29, 1.82) is 0 Å². The lowest BCUT2D eigenvalue weighted by molar-refractivity contribution is 0.377. The fraction of sp³-hybridized carbons (Fsp3) is 0.625. The first-order valence-electron chi connectivity index (χ1n) is 6.89. The number of hydrogen-bond acceptors (Lipinski definition) is 0. The van der Waals surface area contributed by atoms with E-state index in [0.717, 1.165) is 0 Å². The summed E-state index contributed by atoms with van der Waals surface area (Å²) in [5.41, 5.74) is 4.97. The summed E-state index contributed by atoms with van der Waals surface area (Å²) in [6.45, 7) is 9.29. The van der Waals surface area contributed by atoms with Gasteiger partial charge in [0.05, 0.1) is 0 Å². The minimum absolute atomic E-state index is 0.369. The molecule has 0 aromatic carbocycles. The first-order chi connectivity index (χ1) is 7.83. The van der Waals surface area contributed by atoms with Crippen LogP contribution >= 0.6 is 0 Å². The normalized spacial score (nSPS) is 21.2. The van der Waals surface area contributed by atoms with Gasteiger partial charge in [-0.15, -0.1) is 16.5 Å². The van der Waals surface area contributed by atoms with E-state index in [9.17, 15) is 0 Å². The summed E-state index contributed by atoms with van der Waals surface area (Å²) in [6.07, 6.45) is 8.65. The maximum absolute atomic E-state index is 2.46. The minimum Gasteiger partial charge on any atom is -0.142 e. The summed E-state index contributed by atoms with van der Waals surface area (Å²) in [5, 5.41) is 0. The van der Waals surface area contributed by atoms with Crippen LogP contribution in [0.2, 0.25) is 11.6 Å². The standard InChI is InChI=1S/C14H21.2CH3.Al/c1-11(2)8-9-13-12(3)7-6-10-14(13,4)5;;;/h1,8-9H,6-7,10H2,2-5H3;2*1H3;/b9-8+,11-1?;;;. The molecule has 0 saturated heterocycles. The van der Waals surface area contributed by atoms with Crippen molar-refractivity contribution in [2.24, 2.45) is 5.41 Å². The Labute approximate surface area is 112 Å². The zero-order valence-electron chi connectivity index (χ0n) is 12.4. The van der Waals surface area contributed by atoms with Crippen molar-refractivity contribution >= 4 is 14.1 Å². The Morgan fingerprint density at radius 1 is 1.29 bits per heavy atom. The number of hydrogen-bond donors (Lipinski definition) is 0. The van der Waals surface area contributed by atoms with E-state index < -0.39 is 14.1 Å². The van der Waals surface area contributed by atoms with E-state index in [1.807, 2.05) is 0 Å². The number of allylic oxidation sites excluding steroid dienone is 5. The molecule has 0 nitrogen and oxygen atoms in total. The molecule has 1 rings (SSSR count). The van der Waals surface area contributed by atoms with Crippen LogP contribution in [-0.2, 0) is 0 Å². The predicted molar refractivity (Wildman–Crippen MR) is 80.7 cm³/mol. The van der Waals surface area contributed by atoms with Crippen molar-refractivity contribution in [3.8, 4) is 0 Å². The second kappa shape index (κ2) is 6.08. The predicted octanol–water partition coefficient (Wildman–Crippen LogP) is 5.31. The Bertz CT molecular complexity index is 354. The third-order valence-electron chi connectivity index (χ3n) is 3.65. The molecule has 0 radical (unpaired) electrons. The van der Waals surface area contributed by atoms with Gasteiger partial charge >= 0.3 is 0 Å². The molecular weight excluding hydrogens is 219 g/mol. The molecule has 0 unspecified atom stereocenters. The van der Waals surface area contributed by atoms with E-state index >= 15 is 0 Å². The van der Waals surface area contributed by atoms with Crippen LogP contribution < -0.4 is 0 Å². The molecule has 1 aliphatic rings. The van der Waals surface area contributed by atoms with Crippen LogP contribution in [-0.4, -0.2) is 14.1 Å². The van der Waals surface area contributed by atoms with Crippen molar-refractivity contribution in [2.45, 2.75) is 58.5 Å². The van der Waals surface area contributed by atoms with Gasteiger partial charge in [0.2, 0.25) is 0 Å². The first-order valence-corrected chi connectivity index (χ1v) is 9.87. The lowest BCUT2D eigenvalue weighted by atomic mass is 9.72. The van der Waals surface area contributed by atoms with Gasteiger partial charge < -0.3 is 0 Å². The molecule has 0 atom stereocenters. The molecule has 1 aliphatic carbocycles. The van der Waals surface area contributed by atoms with Gasteiger partial charge in [0.1, 0.15) is 0 Å². The zero-order chi connectivity index (χ0) is 13.1. The van der Waals surface area contributed by atoms with Gasteiger partial charge in [0, 0.05) is 0 Å². The van der Waals surface area contributed by atoms with Gasteiger partial charge in [-0.05, 0) is 44.1 Å². The van der Waals surface area contributed by atoms with Gasteiger partial charge in [0.25, 0.3) is 14.1 Å². The number of rotatable bonds is 3. The Morgan fingerprint density at radius 3 is 2.47 bits per heavy atom. The average molecular weight is 246 g/mol. The zero-order valence-corrected chi connectivity index (χ0v) is 13.6. The fourth-order valence-electron chi connectivity index (χ4n) is 2.81. The molecule has 0 aliphatic heterocycles. The summed E-state index contributed by atoms with van der Waals surface area (Å²) in [4.78, 5) is 2.46. The first kappa shape index (κ1) is 14.8. The monoisotopic (exact) mass is 246 g/mol. The summed E-state index contributed by atoms with van der Waals surface area (Å²) >= 11 is -0.581. The van der Waals surface area contributed by atoms with E-state index in [4.69, 9.17) is 0 Å². The van der Waals surface area contributed by atoms with E-state index in [-0.39, 0.29) is 0 Å². The third-order valence-corrected chi connectivity index (χ3v) is 4.84. The molecule has 0 amide bonds. The van der Waals surface area contributed by atoms with Crippen molar-refractivity contribution in [1.82, 2.24) is 0 Å². The van der Waals surface area contributed by atoms with Crippen molar-refractivity contribution < 1.29 is 0 Å². The maximum Gasteiger partial charge on any atom is 0.288 e. The average Bonchev–Trinajstić information content (AvgIpc) is 2.14. The molecule has 0 bridgehead atoms. The summed E-state index contributed by atoms with van der Waals surface area (Å²) in [7, 11) is 0. The van der Waals surface area contributed by atoms with Crippen LogP contribution in [0.3, 0.4) is 0 Å². The van der Waals surface area contributed by atoms with Crippen LogP contribution in [0.4, 0.5) is 0 Å². The summed E-state index contributed by atoms with van der Waals surface area (Å²) in [6, 6.07) is 0. The van der Waals surface area contributed by atoms with Gasteiger partial charge in [-0.25, -0.2) is 0 Å². The van der Waals surface area contributed by atoms with Crippen molar-refractivity contribution in [3.63, 3.8) is 0 Å². The molecular formula is C16H27Al. The highest BCUT2D eigenvalue weighted by Crippen LogP contribution is 2.40. The highest BCUT2D eigenvalue weighted by molar-refractivity contribution is 6.61. The minimum atomic E-state index is -0.581. The van der Waals surface area contributed by atoms with Crippen molar-refractivity contribution in [3.05, 3.63) is 33.8 Å². The smallest absolute Gasteiger partial charge is 0.142 e.